The topological polar surface area (TPSA) is 90.3 Å². The molecule has 0 saturated heterocycles. The highest BCUT2D eigenvalue weighted by Crippen LogP contribution is 2.35. The van der Waals surface area contributed by atoms with Crippen molar-refractivity contribution in [3.05, 3.63) is 54.6 Å². The molecule has 8 heteroatoms. The van der Waals surface area contributed by atoms with Crippen LogP contribution >= 0.6 is 0 Å². The number of aromatic nitrogens is 3. The molecule has 24 heavy (non-hydrogen) atoms. The molecule has 0 bridgehead atoms. The molecule has 0 amide bonds. The highest BCUT2D eigenvalue weighted by Gasteiger charge is 2.18. The third kappa shape index (κ3) is 3.43. The zero-order valence-electron chi connectivity index (χ0n) is 13.0. The molecule has 0 fully saturated rings. The summed E-state index contributed by atoms with van der Waals surface area (Å²) >= 11 is 0. The molecule has 0 saturated carbocycles. The first-order valence-corrected chi connectivity index (χ1v) is 7.33. The summed E-state index contributed by atoms with van der Waals surface area (Å²) in [5, 5.41) is 0. The first-order valence-electron chi connectivity index (χ1n) is 7.33. The summed E-state index contributed by atoms with van der Waals surface area (Å²) in [6, 6.07) is 6.02. The first-order chi connectivity index (χ1) is 11.7. The number of nitrogens with zero attached hydrogens (tertiary/aromatic N) is 4. The van der Waals surface area contributed by atoms with Gasteiger partial charge in [0, 0.05) is 12.3 Å². The van der Waals surface area contributed by atoms with Crippen molar-refractivity contribution < 1.29 is 13.5 Å². The summed E-state index contributed by atoms with van der Waals surface area (Å²) in [6.45, 7) is 2.58. The number of anilines is 3. The highest BCUT2D eigenvalue weighted by molar-refractivity contribution is 5.67. The van der Waals surface area contributed by atoms with Crippen molar-refractivity contribution in [2.75, 3.05) is 17.2 Å². The maximum Gasteiger partial charge on any atom is 0.221 e. The summed E-state index contributed by atoms with van der Waals surface area (Å²) in [7, 11) is 0. The first kappa shape index (κ1) is 15.7. The van der Waals surface area contributed by atoms with Crippen molar-refractivity contribution in [2.24, 2.45) is 0 Å². The van der Waals surface area contributed by atoms with Gasteiger partial charge in [0.25, 0.3) is 0 Å². The average Bonchev–Trinajstić information content (AvgIpc) is 3.07. The minimum absolute atomic E-state index is 0.137. The molecular formula is C16H16FN5O2. The molecule has 3 rings (SSSR count). The van der Waals surface area contributed by atoms with E-state index in [1.807, 2.05) is 6.92 Å². The Hall–Kier alpha value is -3.16. The van der Waals surface area contributed by atoms with Crippen LogP contribution in [0.15, 0.2) is 47.5 Å². The third-order valence-electron chi connectivity index (χ3n) is 3.25. The quantitative estimate of drug-likeness (QED) is 0.743. The minimum Gasteiger partial charge on any atom is -0.492 e. The zero-order chi connectivity index (χ0) is 16.9. The Morgan fingerprint density at radius 1 is 1.29 bits per heavy atom. The molecule has 124 valence electrons. The van der Waals surface area contributed by atoms with Gasteiger partial charge in [-0.3, -0.25) is 0 Å². The molecule has 0 aliphatic rings. The van der Waals surface area contributed by atoms with E-state index < -0.39 is 0 Å². The molecule has 0 unspecified atom stereocenters. The van der Waals surface area contributed by atoms with Crippen molar-refractivity contribution in [3.8, 4) is 5.75 Å². The van der Waals surface area contributed by atoms with E-state index in [1.165, 1.54) is 24.8 Å². The van der Waals surface area contributed by atoms with Gasteiger partial charge >= 0.3 is 0 Å². The molecule has 0 spiro atoms. The number of halogens is 1. The number of rotatable bonds is 6. The van der Waals surface area contributed by atoms with Crippen LogP contribution in [0.3, 0.4) is 0 Å². The molecule has 0 aliphatic heterocycles. The van der Waals surface area contributed by atoms with Crippen LogP contribution in [0.4, 0.5) is 21.8 Å². The number of hydrogen-bond donors (Lipinski definition) is 1. The molecular weight excluding hydrogens is 313 g/mol. The number of benzene rings is 1. The van der Waals surface area contributed by atoms with Crippen molar-refractivity contribution in [3.63, 3.8) is 0 Å². The predicted molar refractivity (Wildman–Crippen MR) is 86.4 cm³/mol. The van der Waals surface area contributed by atoms with Crippen LogP contribution in [0.1, 0.15) is 12.6 Å². The Morgan fingerprint density at radius 3 is 2.88 bits per heavy atom. The Labute approximate surface area is 137 Å². The normalized spacial score (nSPS) is 10.6. The number of oxazole rings is 1. The van der Waals surface area contributed by atoms with Gasteiger partial charge in [-0.2, -0.15) is 4.98 Å². The predicted octanol–water partition coefficient (Wildman–Crippen LogP) is 2.92. The van der Waals surface area contributed by atoms with Gasteiger partial charge in [-0.25, -0.2) is 14.4 Å². The largest absolute Gasteiger partial charge is 0.492 e. The van der Waals surface area contributed by atoms with Crippen LogP contribution in [-0.2, 0) is 6.54 Å². The zero-order valence-corrected chi connectivity index (χ0v) is 13.0. The Kier molecular flexibility index (Phi) is 4.55. The summed E-state index contributed by atoms with van der Waals surface area (Å²) in [5.41, 5.74) is 7.01. The molecule has 0 radical (unpaired) electrons. The SMILES string of the molecule is CCOc1cc(F)ccc1N(Cc1cocn1)c1ccnc(N)n1. The van der Waals surface area contributed by atoms with Crippen molar-refractivity contribution in [2.45, 2.75) is 13.5 Å². The fraction of sp³-hybridized carbons (Fsp3) is 0.188. The van der Waals surface area contributed by atoms with E-state index in [0.29, 0.717) is 36.1 Å². The van der Waals surface area contributed by atoms with Gasteiger partial charge in [0.2, 0.25) is 5.95 Å². The molecule has 0 atom stereocenters. The molecule has 2 heterocycles. The third-order valence-corrected chi connectivity index (χ3v) is 3.25. The standard InChI is InChI=1S/C16H16FN5O2/c1-2-24-14-7-11(17)3-4-13(14)22(8-12-9-23-10-20-12)15-5-6-19-16(18)21-15/h3-7,9-10H,2,8H2,1H3,(H2,18,19,21). The van der Waals surface area contributed by atoms with Crippen LogP contribution < -0.4 is 15.4 Å². The van der Waals surface area contributed by atoms with Crippen LogP contribution in [0.5, 0.6) is 5.75 Å². The van der Waals surface area contributed by atoms with E-state index in [1.54, 1.807) is 23.2 Å². The van der Waals surface area contributed by atoms with Crippen LogP contribution in [0, 0.1) is 5.82 Å². The van der Waals surface area contributed by atoms with Crippen LogP contribution in [-0.4, -0.2) is 21.6 Å². The van der Waals surface area contributed by atoms with E-state index in [4.69, 9.17) is 14.9 Å². The lowest BCUT2D eigenvalue weighted by Gasteiger charge is -2.25. The van der Waals surface area contributed by atoms with Gasteiger partial charge in [-0.05, 0) is 25.1 Å². The fourth-order valence-electron chi connectivity index (χ4n) is 2.26. The second-order valence-electron chi connectivity index (χ2n) is 4.88. The monoisotopic (exact) mass is 329 g/mol. The van der Waals surface area contributed by atoms with E-state index in [2.05, 4.69) is 15.0 Å². The van der Waals surface area contributed by atoms with Crippen molar-refractivity contribution >= 4 is 17.5 Å². The second kappa shape index (κ2) is 6.95. The number of hydrogen-bond acceptors (Lipinski definition) is 7. The van der Waals surface area contributed by atoms with Crippen molar-refractivity contribution in [1.29, 1.82) is 0 Å². The molecule has 2 aromatic heterocycles. The van der Waals surface area contributed by atoms with E-state index in [9.17, 15) is 4.39 Å². The average molecular weight is 329 g/mol. The Balaban J connectivity index is 2.07. The summed E-state index contributed by atoms with van der Waals surface area (Å²) in [4.78, 5) is 14.1. The van der Waals surface area contributed by atoms with E-state index in [0.717, 1.165) is 0 Å². The molecule has 3 aromatic rings. The Bertz CT molecular complexity index is 810. The smallest absolute Gasteiger partial charge is 0.221 e. The molecule has 2 N–H and O–H groups in total. The van der Waals surface area contributed by atoms with Crippen molar-refractivity contribution in [1.82, 2.24) is 15.0 Å². The summed E-state index contributed by atoms with van der Waals surface area (Å²) in [6.07, 6.45) is 4.43. The fourth-order valence-corrected chi connectivity index (χ4v) is 2.26. The van der Waals surface area contributed by atoms with Gasteiger partial charge in [0.1, 0.15) is 23.6 Å². The van der Waals surface area contributed by atoms with Gasteiger partial charge in [0.15, 0.2) is 6.39 Å². The van der Waals surface area contributed by atoms with E-state index >= 15 is 0 Å². The number of nitrogen functional groups attached to an aromatic ring is 1. The van der Waals surface area contributed by atoms with Gasteiger partial charge in [-0.1, -0.05) is 0 Å². The van der Waals surface area contributed by atoms with E-state index in [-0.39, 0.29) is 11.8 Å². The van der Waals surface area contributed by atoms with Crippen LogP contribution in [0.25, 0.3) is 0 Å². The van der Waals surface area contributed by atoms with Gasteiger partial charge in [-0.15, -0.1) is 0 Å². The van der Waals surface area contributed by atoms with Gasteiger partial charge in [0.05, 0.1) is 24.5 Å². The Morgan fingerprint density at radius 2 is 2.17 bits per heavy atom. The highest BCUT2D eigenvalue weighted by atomic mass is 19.1. The number of ether oxygens (including phenoxy) is 1. The lowest BCUT2D eigenvalue weighted by molar-refractivity contribution is 0.339. The van der Waals surface area contributed by atoms with Gasteiger partial charge < -0.3 is 19.8 Å². The second-order valence-corrected chi connectivity index (χ2v) is 4.88. The summed E-state index contributed by atoms with van der Waals surface area (Å²) in [5.74, 6) is 0.694. The summed E-state index contributed by atoms with van der Waals surface area (Å²) < 4.78 is 24.2. The minimum atomic E-state index is -0.384. The number of nitrogens with two attached hydrogens (primary N) is 1. The molecule has 7 nitrogen and oxygen atoms in total. The molecule has 0 aliphatic carbocycles. The lowest BCUT2D eigenvalue weighted by Crippen LogP contribution is -2.19. The maximum atomic E-state index is 13.6. The lowest BCUT2D eigenvalue weighted by atomic mass is 10.2. The van der Waals surface area contributed by atoms with Crippen LogP contribution in [0.2, 0.25) is 0 Å². The molecule has 1 aromatic carbocycles. The maximum absolute atomic E-state index is 13.6.